The maximum Gasteiger partial charge on any atom is 0.186 e. The molecule has 0 amide bonds. The van der Waals surface area contributed by atoms with Gasteiger partial charge in [-0.2, -0.15) is 0 Å². The van der Waals surface area contributed by atoms with E-state index < -0.39 is 11.1 Å². The highest BCUT2D eigenvalue weighted by Crippen LogP contribution is 2.31. The van der Waals surface area contributed by atoms with Gasteiger partial charge >= 0.3 is 0 Å². The summed E-state index contributed by atoms with van der Waals surface area (Å²) in [5.74, 6) is 0.750. The quantitative estimate of drug-likeness (QED) is 0.752. The molecular weight excluding hydrogens is 300 g/mol. The van der Waals surface area contributed by atoms with Gasteiger partial charge < -0.3 is 9.29 Å². The first kappa shape index (κ1) is 14.6. The van der Waals surface area contributed by atoms with Crippen molar-refractivity contribution in [3.05, 3.63) is 48.3 Å². The van der Waals surface area contributed by atoms with Crippen molar-refractivity contribution in [1.82, 2.24) is 9.97 Å². The molecule has 1 heterocycles. The molecule has 0 saturated carbocycles. The maximum atomic E-state index is 11.2. The van der Waals surface area contributed by atoms with E-state index in [1.54, 1.807) is 25.3 Å². The molecular formula is C16H14N2O3S. The zero-order valence-electron chi connectivity index (χ0n) is 12.1. The van der Waals surface area contributed by atoms with E-state index in [1.165, 1.54) is 6.33 Å². The third-order valence-electron chi connectivity index (χ3n) is 3.51. The molecule has 0 saturated heterocycles. The molecule has 0 aliphatic carbocycles. The first-order chi connectivity index (χ1) is 10.6. The van der Waals surface area contributed by atoms with Crippen LogP contribution in [0.4, 0.5) is 0 Å². The van der Waals surface area contributed by atoms with E-state index in [-0.39, 0.29) is 0 Å². The van der Waals surface area contributed by atoms with Gasteiger partial charge in [0.1, 0.15) is 12.1 Å². The zero-order valence-corrected chi connectivity index (χ0v) is 12.9. The Morgan fingerprint density at radius 1 is 1.14 bits per heavy atom. The Balaban J connectivity index is 2.25. The van der Waals surface area contributed by atoms with Crippen molar-refractivity contribution in [2.45, 2.75) is 11.8 Å². The molecule has 3 rings (SSSR count). The Bertz CT molecular complexity index is 880. The first-order valence-corrected chi connectivity index (χ1v) is 7.71. The van der Waals surface area contributed by atoms with Crippen molar-refractivity contribution < 1.29 is 13.5 Å². The van der Waals surface area contributed by atoms with E-state index in [0.717, 1.165) is 28.0 Å². The molecule has 0 radical (unpaired) electrons. The minimum atomic E-state index is -2.03. The Hall–Kier alpha value is -2.31. The summed E-state index contributed by atoms with van der Waals surface area (Å²) in [6.07, 6.45) is 1.46. The topological polar surface area (TPSA) is 72.3 Å². The third kappa shape index (κ3) is 2.58. The smallest absolute Gasteiger partial charge is 0.186 e. The number of aromatic nitrogens is 2. The van der Waals surface area contributed by atoms with Gasteiger partial charge in [-0.25, -0.2) is 14.2 Å². The average molecular weight is 314 g/mol. The molecule has 0 aliphatic rings. The molecule has 0 spiro atoms. The molecule has 1 unspecified atom stereocenters. The number of hydrogen-bond donors (Lipinski definition) is 1. The van der Waals surface area contributed by atoms with E-state index in [4.69, 9.17) is 4.74 Å². The number of nitrogens with zero attached hydrogens (tertiary/aromatic N) is 2. The van der Waals surface area contributed by atoms with Gasteiger partial charge in [-0.1, -0.05) is 6.07 Å². The highest BCUT2D eigenvalue weighted by atomic mass is 32.2. The molecule has 2 aromatic carbocycles. The van der Waals surface area contributed by atoms with E-state index in [1.807, 2.05) is 25.1 Å². The fraction of sp³-hybridized carbons (Fsp3) is 0.125. The molecule has 1 aromatic heterocycles. The minimum absolute atomic E-state index is 0.319. The Morgan fingerprint density at radius 3 is 2.68 bits per heavy atom. The molecule has 22 heavy (non-hydrogen) atoms. The van der Waals surface area contributed by atoms with Crippen LogP contribution in [0.1, 0.15) is 5.56 Å². The van der Waals surface area contributed by atoms with Crippen LogP contribution in [-0.4, -0.2) is 25.8 Å². The van der Waals surface area contributed by atoms with Crippen molar-refractivity contribution >= 4 is 22.0 Å². The highest BCUT2D eigenvalue weighted by Gasteiger charge is 2.11. The third-order valence-corrected chi connectivity index (χ3v) is 4.17. The fourth-order valence-electron chi connectivity index (χ4n) is 2.34. The van der Waals surface area contributed by atoms with Crippen molar-refractivity contribution in [2.75, 3.05) is 7.11 Å². The van der Waals surface area contributed by atoms with Crippen LogP contribution in [-0.2, 0) is 11.1 Å². The van der Waals surface area contributed by atoms with Crippen LogP contribution in [0, 0.1) is 6.92 Å². The lowest BCUT2D eigenvalue weighted by molar-refractivity contribution is 0.415. The largest absolute Gasteiger partial charge is 0.497 e. The minimum Gasteiger partial charge on any atom is -0.497 e. The molecule has 1 atom stereocenters. The predicted octanol–water partition coefficient (Wildman–Crippen LogP) is 3.19. The summed E-state index contributed by atoms with van der Waals surface area (Å²) in [5, 5.41) is 0.827. The molecule has 3 aromatic rings. The molecule has 6 heteroatoms. The molecule has 0 aliphatic heterocycles. The lowest BCUT2D eigenvalue weighted by Gasteiger charge is -2.10. The summed E-state index contributed by atoms with van der Waals surface area (Å²) >= 11 is -2.03. The second-order valence-electron chi connectivity index (χ2n) is 4.83. The average Bonchev–Trinajstić information content (AvgIpc) is 2.54. The van der Waals surface area contributed by atoms with Crippen molar-refractivity contribution in [3.8, 4) is 17.0 Å². The van der Waals surface area contributed by atoms with E-state index in [0.29, 0.717) is 10.4 Å². The number of fused-ring (bicyclic) bond motifs is 1. The SMILES string of the molecule is COc1ccc(C)c(-c2ncnc3cc(S(=O)O)ccc23)c1. The number of aryl methyl sites for hydroxylation is 1. The molecule has 112 valence electrons. The lowest BCUT2D eigenvalue weighted by Crippen LogP contribution is -1.94. The van der Waals surface area contributed by atoms with Crippen LogP contribution >= 0.6 is 0 Å². The van der Waals surface area contributed by atoms with Crippen LogP contribution in [0.5, 0.6) is 5.75 Å². The van der Waals surface area contributed by atoms with E-state index in [2.05, 4.69) is 9.97 Å². The maximum absolute atomic E-state index is 11.2. The number of rotatable bonds is 3. The number of hydrogen-bond acceptors (Lipinski definition) is 4. The summed E-state index contributed by atoms with van der Waals surface area (Å²) in [6, 6.07) is 10.8. The summed E-state index contributed by atoms with van der Waals surface area (Å²) in [6.45, 7) is 2.00. The Morgan fingerprint density at radius 2 is 1.95 bits per heavy atom. The second-order valence-corrected chi connectivity index (χ2v) is 5.80. The summed E-state index contributed by atoms with van der Waals surface area (Å²) < 4.78 is 25.7. The van der Waals surface area contributed by atoms with E-state index in [9.17, 15) is 8.76 Å². The normalized spacial score (nSPS) is 12.3. The van der Waals surface area contributed by atoms with Gasteiger partial charge in [-0.15, -0.1) is 0 Å². The van der Waals surface area contributed by atoms with Crippen LogP contribution in [0.15, 0.2) is 47.6 Å². The van der Waals surface area contributed by atoms with Crippen LogP contribution in [0.25, 0.3) is 22.2 Å². The molecule has 5 nitrogen and oxygen atoms in total. The zero-order chi connectivity index (χ0) is 15.7. The molecule has 0 fully saturated rings. The number of ether oxygens (including phenoxy) is 1. The summed E-state index contributed by atoms with van der Waals surface area (Å²) in [4.78, 5) is 8.90. The lowest BCUT2D eigenvalue weighted by atomic mass is 10.0. The monoisotopic (exact) mass is 314 g/mol. The standard InChI is InChI=1S/C16H14N2O3S/c1-10-3-4-11(21-2)7-14(10)16-13-6-5-12(22(19)20)8-15(13)17-9-18-16/h3-9H,1-2H3,(H,19,20). The number of methoxy groups -OCH3 is 1. The number of benzene rings is 2. The van der Waals surface area contributed by atoms with Gasteiger partial charge in [0.2, 0.25) is 0 Å². The first-order valence-electron chi connectivity index (χ1n) is 6.61. The predicted molar refractivity (Wildman–Crippen MR) is 85.3 cm³/mol. The van der Waals surface area contributed by atoms with Gasteiger partial charge in [0.05, 0.1) is 23.2 Å². The van der Waals surface area contributed by atoms with Gasteiger partial charge in [-0.3, -0.25) is 0 Å². The van der Waals surface area contributed by atoms with Crippen molar-refractivity contribution in [1.29, 1.82) is 0 Å². The van der Waals surface area contributed by atoms with Crippen LogP contribution in [0.3, 0.4) is 0 Å². The van der Waals surface area contributed by atoms with Crippen LogP contribution < -0.4 is 4.74 Å². The van der Waals surface area contributed by atoms with Crippen LogP contribution in [0.2, 0.25) is 0 Å². The van der Waals surface area contributed by atoms with Crippen molar-refractivity contribution in [2.24, 2.45) is 0 Å². The van der Waals surface area contributed by atoms with Crippen molar-refractivity contribution in [3.63, 3.8) is 0 Å². The Labute approximate surface area is 130 Å². The van der Waals surface area contributed by atoms with Gasteiger partial charge in [0.25, 0.3) is 0 Å². The van der Waals surface area contributed by atoms with Gasteiger partial charge in [0, 0.05) is 10.9 Å². The van der Waals surface area contributed by atoms with Gasteiger partial charge in [-0.05, 0) is 42.8 Å². The summed E-state index contributed by atoms with van der Waals surface area (Å²) in [7, 11) is 1.62. The fourth-order valence-corrected chi connectivity index (χ4v) is 2.74. The Kier molecular flexibility index (Phi) is 3.87. The van der Waals surface area contributed by atoms with Gasteiger partial charge in [0.15, 0.2) is 11.1 Å². The molecule has 1 N–H and O–H groups in total. The highest BCUT2D eigenvalue weighted by molar-refractivity contribution is 7.79. The van der Waals surface area contributed by atoms with E-state index >= 15 is 0 Å². The summed E-state index contributed by atoms with van der Waals surface area (Å²) in [5.41, 5.74) is 3.42. The molecule has 0 bridgehead atoms. The second kappa shape index (κ2) is 5.82.